The van der Waals surface area contributed by atoms with Gasteiger partial charge >= 0.3 is 0 Å². The Kier molecular flexibility index (Phi) is 6.53. The maximum atomic E-state index is 12.3. The second-order valence-corrected chi connectivity index (χ2v) is 7.43. The quantitative estimate of drug-likeness (QED) is 0.589. The first-order valence-electron chi connectivity index (χ1n) is 8.74. The van der Waals surface area contributed by atoms with Crippen LogP contribution in [0.4, 0.5) is 0 Å². The minimum atomic E-state index is -0.0367. The van der Waals surface area contributed by atoms with Crippen LogP contribution in [0.5, 0.6) is 0 Å². The molecule has 0 radical (unpaired) electrons. The number of nitrogens with one attached hydrogen (secondary N) is 1. The average molecular weight is 401 g/mol. The van der Waals surface area contributed by atoms with Crippen molar-refractivity contribution < 1.29 is 4.79 Å². The van der Waals surface area contributed by atoms with Crippen molar-refractivity contribution in [1.29, 1.82) is 0 Å². The molecule has 3 rings (SSSR count). The molecule has 0 bridgehead atoms. The van der Waals surface area contributed by atoms with Gasteiger partial charge in [0.05, 0.1) is 11.8 Å². The van der Waals surface area contributed by atoms with Crippen molar-refractivity contribution in [2.24, 2.45) is 0 Å². The van der Waals surface area contributed by atoms with Gasteiger partial charge in [-0.05, 0) is 31.5 Å². The molecule has 1 aromatic heterocycles. The summed E-state index contributed by atoms with van der Waals surface area (Å²) < 4.78 is 1.99. The molecule has 2 aromatic carbocycles. The van der Waals surface area contributed by atoms with E-state index in [-0.39, 0.29) is 17.7 Å². The third-order valence-electron chi connectivity index (χ3n) is 4.13. The number of nitrogens with zero attached hydrogens (tertiary/aromatic N) is 3. The SMILES string of the molecule is CCn1c(SCC(=O)NC(C)c2ccccc2)nnc1-c1cccc(Cl)c1. The third-order valence-corrected chi connectivity index (χ3v) is 5.33. The molecule has 0 saturated carbocycles. The van der Waals surface area contributed by atoms with E-state index in [4.69, 9.17) is 11.6 Å². The Morgan fingerprint density at radius 1 is 1.19 bits per heavy atom. The first-order chi connectivity index (χ1) is 13.1. The molecular formula is C20H21ClN4OS. The highest BCUT2D eigenvalue weighted by Gasteiger charge is 2.16. The molecule has 0 spiro atoms. The lowest BCUT2D eigenvalue weighted by molar-refractivity contribution is -0.119. The van der Waals surface area contributed by atoms with Gasteiger partial charge in [0.25, 0.3) is 0 Å². The summed E-state index contributed by atoms with van der Waals surface area (Å²) in [4.78, 5) is 12.3. The Hall–Kier alpha value is -2.31. The Bertz CT molecular complexity index is 913. The molecule has 0 saturated heterocycles. The molecule has 1 heterocycles. The minimum Gasteiger partial charge on any atom is -0.349 e. The van der Waals surface area contributed by atoms with Crippen LogP contribution in [0, 0.1) is 0 Å². The molecule has 0 aliphatic carbocycles. The van der Waals surface area contributed by atoms with Crippen LogP contribution in [0.25, 0.3) is 11.4 Å². The molecule has 1 unspecified atom stereocenters. The van der Waals surface area contributed by atoms with Crippen molar-refractivity contribution in [3.05, 3.63) is 65.2 Å². The molecule has 0 aliphatic rings. The smallest absolute Gasteiger partial charge is 0.230 e. The van der Waals surface area contributed by atoms with Crippen LogP contribution in [0.2, 0.25) is 5.02 Å². The molecule has 5 nitrogen and oxygen atoms in total. The van der Waals surface area contributed by atoms with Crippen molar-refractivity contribution in [3.8, 4) is 11.4 Å². The first-order valence-corrected chi connectivity index (χ1v) is 10.1. The number of thioether (sulfide) groups is 1. The number of carbonyl (C=O) groups is 1. The Morgan fingerprint density at radius 3 is 2.67 bits per heavy atom. The fraction of sp³-hybridized carbons (Fsp3) is 0.250. The number of rotatable bonds is 7. The molecule has 1 N–H and O–H groups in total. The first kappa shape index (κ1) is 19.5. The summed E-state index contributed by atoms with van der Waals surface area (Å²) in [5, 5.41) is 12.9. The largest absolute Gasteiger partial charge is 0.349 e. The normalized spacial score (nSPS) is 12.0. The zero-order chi connectivity index (χ0) is 19.2. The monoisotopic (exact) mass is 400 g/mol. The summed E-state index contributed by atoms with van der Waals surface area (Å²) in [6.07, 6.45) is 0. The van der Waals surface area contributed by atoms with Gasteiger partial charge in [-0.1, -0.05) is 65.8 Å². The number of hydrogen-bond acceptors (Lipinski definition) is 4. The van der Waals surface area contributed by atoms with Crippen LogP contribution in [0.3, 0.4) is 0 Å². The lowest BCUT2D eigenvalue weighted by atomic mass is 10.1. The molecule has 1 atom stereocenters. The van der Waals surface area contributed by atoms with Crippen molar-refractivity contribution >= 4 is 29.3 Å². The van der Waals surface area contributed by atoms with E-state index in [0.29, 0.717) is 11.6 Å². The molecular weight excluding hydrogens is 380 g/mol. The van der Waals surface area contributed by atoms with Gasteiger partial charge in [-0.3, -0.25) is 4.79 Å². The number of halogens is 1. The fourth-order valence-electron chi connectivity index (χ4n) is 2.76. The van der Waals surface area contributed by atoms with E-state index in [1.807, 2.05) is 73.0 Å². The van der Waals surface area contributed by atoms with Gasteiger partial charge in [-0.2, -0.15) is 0 Å². The lowest BCUT2D eigenvalue weighted by Gasteiger charge is -2.14. The maximum Gasteiger partial charge on any atom is 0.230 e. The summed E-state index contributed by atoms with van der Waals surface area (Å²) >= 11 is 7.46. The van der Waals surface area contributed by atoms with Crippen molar-refractivity contribution in [3.63, 3.8) is 0 Å². The Morgan fingerprint density at radius 2 is 1.96 bits per heavy atom. The topological polar surface area (TPSA) is 59.8 Å². The summed E-state index contributed by atoms with van der Waals surface area (Å²) in [7, 11) is 0. The van der Waals surface area contributed by atoms with Crippen LogP contribution < -0.4 is 5.32 Å². The van der Waals surface area contributed by atoms with E-state index in [1.54, 1.807) is 0 Å². The molecule has 0 aliphatic heterocycles. The van der Waals surface area contributed by atoms with Crippen LogP contribution in [-0.2, 0) is 11.3 Å². The van der Waals surface area contributed by atoms with Gasteiger partial charge in [0.1, 0.15) is 0 Å². The van der Waals surface area contributed by atoms with Crippen molar-refractivity contribution in [1.82, 2.24) is 20.1 Å². The van der Waals surface area contributed by atoms with Gasteiger partial charge in [-0.25, -0.2) is 0 Å². The average Bonchev–Trinajstić information content (AvgIpc) is 3.10. The van der Waals surface area contributed by atoms with E-state index in [0.717, 1.165) is 22.1 Å². The highest BCUT2D eigenvalue weighted by Crippen LogP contribution is 2.25. The van der Waals surface area contributed by atoms with Gasteiger partial charge < -0.3 is 9.88 Å². The molecule has 1 amide bonds. The zero-order valence-corrected chi connectivity index (χ0v) is 16.8. The van der Waals surface area contributed by atoms with Crippen molar-refractivity contribution in [2.45, 2.75) is 31.6 Å². The highest BCUT2D eigenvalue weighted by molar-refractivity contribution is 7.99. The zero-order valence-electron chi connectivity index (χ0n) is 15.2. The standard InChI is InChI=1S/C20H21ClN4OS/c1-3-25-19(16-10-7-11-17(21)12-16)23-24-20(25)27-13-18(26)22-14(2)15-8-5-4-6-9-15/h4-12,14H,3,13H2,1-2H3,(H,22,26). The van der Waals surface area contributed by atoms with Crippen molar-refractivity contribution in [2.75, 3.05) is 5.75 Å². The predicted octanol–water partition coefficient (Wildman–Crippen LogP) is 4.59. The fourth-order valence-corrected chi connectivity index (χ4v) is 3.76. The van der Waals surface area contributed by atoms with Gasteiger partial charge in [-0.15, -0.1) is 10.2 Å². The molecule has 3 aromatic rings. The number of carbonyl (C=O) groups excluding carboxylic acids is 1. The lowest BCUT2D eigenvalue weighted by Crippen LogP contribution is -2.28. The maximum absolute atomic E-state index is 12.3. The van der Waals surface area contributed by atoms with E-state index in [2.05, 4.69) is 15.5 Å². The van der Waals surface area contributed by atoms with Gasteiger partial charge in [0.15, 0.2) is 11.0 Å². The molecule has 140 valence electrons. The van der Waals surface area contributed by atoms with Gasteiger partial charge in [0.2, 0.25) is 5.91 Å². The Balaban J connectivity index is 1.65. The number of benzene rings is 2. The minimum absolute atomic E-state index is 0.0358. The van der Waals surface area contributed by atoms with Crippen LogP contribution in [0.1, 0.15) is 25.5 Å². The van der Waals surface area contributed by atoms with Crippen LogP contribution in [-0.4, -0.2) is 26.4 Å². The third kappa shape index (κ3) is 4.90. The van der Waals surface area contributed by atoms with E-state index < -0.39 is 0 Å². The molecule has 0 fully saturated rings. The predicted molar refractivity (Wildman–Crippen MR) is 110 cm³/mol. The van der Waals surface area contributed by atoms with E-state index in [9.17, 15) is 4.79 Å². The number of amides is 1. The summed E-state index contributed by atoms with van der Waals surface area (Å²) in [5.74, 6) is 0.997. The van der Waals surface area contributed by atoms with Crippen LogP contribution in [0.15, 0.2) is 59.8 Å². The van der Waals surface area contributed by atoms with Gasteiger partial charge in [0, 0.05) is 17.1 Å². The molecule has 7 heteroatoms. The van der Waals surface area contributed by atoms with E-state index in [1.165, 1.54) is 11.8 Å². The summed E-state index contributed by atoms with van der Waals surface area (Å²) in [6, 6.07) is 17.4. The Labute approximate surface area is 168 Å². The second kappa shape index (κ2) is 9.06. The number of aromatic nitrogens is 3. The molecule has 27 heavy (non-hydrogen) atoms. The summed E-state index contributed by atoms with van der Waals surface area (Å²) in [5.41, 5.74) is 1.99. The number of hydrogen-bond donors (Lipinski definition) is 1. The summed E-state index contributed by atoms with van der Waals surface area (Å²) in [6.45, 7) is 4.71. The highest BCUT2D eigenvalue weighted by atomic mass is 35.5. The van der Waals surface area contributed by atoms with E-state index >= 15 is 0 Å². The second-order valence-electron chi connectivity index (χ2n) is 6.05. The van der Waals surface area contributed by atoms with Crippen LogP contribution >= 0.6 is 23.4 Å².